The van der Waals surface area contributed by atoms with Crippen molar-refractivity contribution in [3.8, 4) is 50.7 Å². The Hall–Kier alpha value is -8.94. The van der Waals surface area contributed by atoms with Crippen LogP contribution in [0.5, 0.6) is 0 Å². The molecule has 458 valence electrons. The monoisotopic (exact) mass is 1210 g/mol. The summed E-state index contributed by atoms with van der Waals surface area (Å²) >= 11 is -0.750. The van der Waals surface area contributed by atoms with E-state index >= 15 is 0 Å². The van der Waals surface area contributed by atoms with Crippen LogP contribution in [0.15, 0.2) is 88.4 Å². The fourth-order valence-corrected chi connectivity index (χ4v) is 10.8. The second-order valence-electron chi connectivity index (χ2n) is 23.5. The standard InChI is InChI=1S/C34H39N7O4.C28H35N7O4.O2S/c1-20-17-35-32(37-27-19-40(16-15-28(27)43-7)33(42)44-34(4,5)6)38-30(20)25-18-41(23-11-9-8-10-12-23)31-24(25)13-14-26(36-31)29-21(2)39-45-22(29)3;1-15-12-30-26(32-21-14-35(11-10-22(21)37-7)27(36)38-28(4,5)6)33-24(15)19-13-29-25-18(19)8-9-20(31-25)23-16(2)34-39-17(23)3;1-3-2/h8-14,17-18,27-28H,15-16,19H2,1-7H3,(H,35,37,38);8-9,12-13,21-22H,10-11,14H2,1-7H3,(H,29,31)(H,30,32,33);/t27-,28-;21-,22-;/m11./s1. The Morgan fingerprint density at radius 1 is 0.632 bits per heavy atom. The lowest BCUT2D eigenvalue weighted by molar-refractivity contribution is -0.00374. The number of rotatable bonds is 11. The number of methoxy groups -OCH3 is 2. The van der Waals surface area contributed by atoms with Crippen molar-refractivity contribution in [3.63, 3.8) is 0 Å². The van der Waals surface area contributed by atoms with E-state index in [1.807, 2.05) is 132 Å². The number of benzene rings is 1. The molecule has 2 fully saturated rings. The SMILES string of the molecule is CO[C@@H]1CCN(C(=O)OC(C)(C)C)C[C@H]1Nc1ncc(C)c(-c2c[nH]c3nc(-c4c(C)noc4C)ccc23)n1.CO[C@@H]1CCN(C(=O)OC(C)(C)C)C[C@H]1Nc1ncc(C)c(-c2cn(-c3ccccc3)c3nc(-c4c(C)noc4C)ccc23)n1.O=S=O. The molecule has 2 amide bonds. The van der Waals surface area contributed by atoms with Gasteiger partial charge < -0.3 is 58.0 Å². The first-order valence-corrected chi connectivity index (χ1v) is 29.2. The van der Waals surface area contributed by atoms with Crippen LogP contribution in [0.4, 0.5) is 21.5 Å². The van der Waals surface area contributed by atoms with Crippen LogP contribution < -0.4 is 10.6 Å². The normalized spacial score (nSPS) is 17.0. The maximum absolute atomic E-state index is 12.9. The minimum Gasteiger partial charge on any atom is -0.444 e. The van der Waals surface area contributed by atoms with Crippen molar-refractivity contribution >= 4 is 57.7 Å². The molecule has 8 aromatic heterocycles. The van der Waals surface area contributed by atoms with Crippen molar-refractivity contribution in [2.45, 2.75) is 131 Å². The number of ether oxygens (including phenoxy) is 4. The predicted octanol–water partition coefficient (Wildman–Crippen LogP) is 10.9. The molecule has 2 aliphatic heterocycles. The van der Waals surface area contributed by atoms with E-state index in [1.165, 1.54) is 0 Å². The van der Waals surface area contributed by atoms with Crippen molar-refractivity contribution in [3.05, 3.63) is 113 Å². The zero-order valence-electron chi connectivity index (χ0n) is 51.5. The van der Waals surface area contributed by atoms with Gasteiger partial charge in [-0.05, 0) is 143 Å². The number of pyridine rings is 2. The number of carbonyl (C=O) groups is 2. The summed E-state index contributed by atoms with van der Waals surface area (Å²) in [7, 11) is 3.37. The number of amides is 2. The largest absolute Gasteiger partial charge is 0.444 e. The molecule has 4 atom stereocenters. The number of likely N-dealkylation sites (tertiary alicyclic amines) is 2. The van der Waals surface area contributed by atoms with Crippen LogP contribution in [-0.4, -0.2) is 156 Å². The molecule has 0 aliphatic carbocycles. The molecule has 9 aromatic rings. The highest BCUT2D eigenvalue weighted by atomic mass is 32.1. The molecule has 1 aromatic carbocycles. The van der Waals surface area contributed by atoms with Crippen LogP contribution in [0.3, 0.4) is 0 Å². The van der Waals surface area contributed by atoms with E-state index in [0.717, 1.165) is 107 Å². The van der Waals surface area contributed by atoms with Gasteiger partial charge in [0.1, 0.15) is 34.0 Å². The molecule has 0 saturated carbocycles. The fraction of sp³-hybridized carbons (Fsp3) is 0.419. The summed E-state index contributed by atoms with van der Waals surface area (Å²) in [4.78, 5) is 61.2. The summed E-state index contributed by atoms with van der Waals surface area (Å²) in [6.45, 7) is 24.7. The van der Waals surface area contributed by atoms with Crippen molar-refractivity contribution < 1.29 is 46.0 Å². The Morgan fingerprint density at radius 3 is 1.56 bits per heavy atom. The summed E-state index contributed by atoms with van der Waals surface area (Å²) in [5.41, 5.74) is 11.6. The van der Waals surface area contributed by atoms with E-state index in [2.05, 4.69) is 64.9 Å². The summed E-state index contributed by atoms with van der Waals surface area (Å²) in [5.74, 6) is 2.37. The first kappa shape index (κ1) is 62.6. The van der Waals surface area contributed by atoms with E-state index < -0.39 is 22.8 Å². The first-order valence-electron chi connectivity index (χ1n) is 28.5. The minimum atomic E-state index is -0.750. The van der Waals surface area contributed by atoms with Crippen LogP contribution in [0.1, 0.15) is 88.4 Å². The average molecular weight is 1210 g/mol. The van der Waals surface area contributed by atoms with E-state index in [0.29, 0.717) is 50.9 Å². The lowest BCUT2D eigenvalue weighted by Crippen LogP contribution is -2.53. The number of anilines is 2. The number of piperidine rings is 2. The van der Waals surface area contributed by atoms with Gasteiger partial charge in [-0.2, -0.15) is 8.42 Å². The van der Waals surface area contributed by atoms with Crippen LogP contribution in [0.2, 0.25) is 0 Å². The molecule has 3 N–H and O–H groups in total. The van der Waals surface area contributed by atoms with Gasteiger partial charge in [-0.15, -0.1) is 0 Å². The van der Waals surface area contributed by atoms with Gasteiger partial charge in [-0.25, -0.2) is 39.5 Å². The van der Waals surface area contributed by atoms with E-state index in [4.69, 9.17) is 56.3 Å². The Kier molecular flexibility index (Phi) is 19.0. The Labute approximate surface area is 507 Å². The molecule has 0 radical (unpaired) electrons. The average Bonchev–Trinajstić information content (AvgIpc) is 1.68. The Bertz CT molecular complexity index is 3920. The highest BCUT2D eigenvalue weighted by molar-refractivity contribution is 7.51. The van der Waals surface area contributed by atoms with Crippen LogP contribution in [0, 0.1) is 41.5 Å². The van der Waals surface area contributed by atoms with Crippen molar-refractivity contribution in [2.24, 2.45) is 0 Å². The summed E-state index contributed by atoms with van der Waals surface area (Å²) in [5, 5.41) is 16.9. The van der Waals surface area contributed by atoms with Gasteiger partial charge in [-0.1, -0.05) is 28.5 Å². The zero-order chi connectivity index (χ0) is 62.5. The lowest BCUT2D eigenvalue weighted by Gasteiger charge is -2.38. The van der Waals surface area contributed by atoms with Crippen molar-refractivity contribution in [2.75, 3.05) is 51.0 Å². The molecular formula is C62H74N14O10S. The molecule has 24 nitrogen and oxygen atoms in total. The third kappa shape index (κ3) is 14.3. The number of aryl methyl sites for hydroxylation is 6. The van der Waals surface area contributed by atoms with E-state index in [-0.39, 0.29) is 36.5 Å². The van der Waals surface area contributed by atoms with Gasteiger partial charge in [0.05, 0.1) is 69.6 Å². The first-order chi connectivity index (χ1) is 41.5. The summed E-state index contributed by atoms with van der Waals surface area (Å²) in [6.07, 6.45) is 8.04. The molecular weight excluding hydrogens is 1130 g/mol. The number of hydrogen-bond donors (Lipinski definition) is 3. The maximum Gasteiger partial charge on any atom is 0.410 e. The maximum atomic E-state index is 12.9. The van der Waals surface area contributed by atoms with Crippen molar-refractivity contribution in [1.29, 1.82) is 0 Å². The number of aromatic nitrogens is 10. The number of hydrogen-bond acceptors (Lipinski definition) is 20. The second kappa shape index (κ2) is 26.4. The number of para-hydroxylation sites is 1. The quantitative estimate of drug-likeness (QED) is 0.108. The fourth-order valence-electron chi connectivity index (χ4n) is 10.8. The molecule has 2 aliphatic rings. The lowest BCUT2D eigenvalue weighted by atomic mass is 10.0. The highest BCUT2D eigenvalue weighted by Crippen LogP contribution is 2.37. The molecule has 11 rings (SSSR count). The third-order valence-corrected chi connectivity index (χ3v) is 14.9. The van der Waals surface area contributed by atoms with Gasteiger partial charge in [0.25, 0.3) is 0 Å². The number of aromatic amines is 1. The number of carbonyl (C=O) groups excluding carboxylic acids is 2. The van der Waals surface area contributed by atoms with E-state index in [9.17, 15) is 9.59 Å². The third-order valence-electron chi connectivity index (χ3n) is 14.9. The zero-order valence-corrected chi connectivity index (χ0v) is 52.3. The van der Waals surface area contributed by atoms with Crippen LogP contribution >= 0.6 is 0 Å². The number of nitrogens with zero attached hydrogens (tertiary/aromatic N) is 11. The highest BCUT2D eigenvalue weighted by Gasteiger charge is 2.36. The van der Waals surface area contributed by atoms with Gasteiger partial charge in [-0.3, -0.25) is 0 Å². The van der Waals surface area contributed by atoms with Crippen LogP contribution in [-0.2, 0) is 30.5 Å². The van der Waals surface area contributed by atoms with Crippen molar-refractivity contribution in [1.82, 2.24) is 59.6 Å². The van der Waals surface area contributed by atoms with Gasteiger partial charge in [0.2, 0.25) is 11.9 Å². The second-order valence-corrected chi connectivity index (χ2v) is 23.6. The van der Waals surface area contributed by atoms with E-state index in [1.54, 1.807) is 30.2 Å². The number of fused-ring (bicyclic) bond motifs is 2. The van der Waals surface area contributed by atoms with Gasteiger partial charge in [0.15, 0.2) is 0 Å². The van der Waals surface area contributed by atoms with Crippen LogP contribution in [0.25, 0.3) is 72.8 Å². The number of H-pyrrole nitrogens is 1. The molecule has 0 unspecified atom stereocenters. The smallest absolute Gasteiger partial charge is 0.410 e. The predicted molar refractivity (Wildman–Crippen MR) is 329 cm³/mol. The molecule has 10 heterocycles. The summed E-state index contributed by atoms with van der Waals surface area (Å²) in [6, 6.07) is 17.8. The molecule has 0 spiro atoms. The molecule has 87 heavy (non-hydrogen) atoms. The Morgan fingerprint density at radius 2 is 1.10 bits per heavy atom. The number of nitrogens with one attached hydrogen (secondary N) is 3. The Balaban J connectivity index is 0.000000200. The molecule has 25 heteroatoms. The topological polar surface area (TPSA) is 286 Å². The van der Waals surface area contributed by atoms with Gasteiger partial charge >= 0.3 is 23.8 Å². The minimum absolute atomic E-state index is 0.0999. The van der Waals surface area contributed by atoms with Gasteiger partial charge in [0, 0.05) is 92.8 Å². The summed E-state index contributed by atoms with van der Waals surface area (Å²) < 4.78 is 52.2. The molecule has 0 bridgehead atoms. The molecule has 2 saturated heterocycles.